The Hall–Kier alpha value is -2.10. The lowest BCUT2D eigenvalue weighted by molar-refractivity contribution is 0.102. The molecule has 0 aliphatic carbocycles. The van der Waals surface area contributed by atoms with Crippen molar-refractivity contribution in [3.63, 3.8) is 0 Å². The summed E-state index contributed by atoms with van der Waals surface area (Å²) in [5.41, 5.74) is 2.16. The minimum absolute atomic E-state index is 0.0125. The molecule has 0 aromatic heterocycles. The third-order valence-electron chi connectivity index (χ3n) is 2.67. The zero-order valence-corrected chi connectivity index (χ0v) is 11.5. The van der Waals surface area contributed by atoms with Crippen LogP contribution in [0, 0.1) is 0 Å². The summed E-state index contributed by atoms with van der Waals surface area (Å²) < 4.78 is 0. The number of benzene rings is 2. The molecule has 3 nitrogen and oxygen atoms in total. The van der Waals surface area contributed by atoms with Crippen LogP contribution in [0.15, 0.2) is 54.6 Å². The number of hydrogen-bond donors (Lipinski definition) is 2. The highest BCUT2D eigenvalue weighted by Gasteiger charge is 2.05. The van der Waals surface area contributed by atoms with Gasteiger partial charge in [0, 0.05) is 16.3 Å². The summed E-state index contributed by atoms with van der Waals surface area (Å²) in [5, 5.41) is 12.2. The Morgan fingerprint density at radius 2 is 1.95 bits per heavy atom. The van der Waals surface area contributed by atoms with Crippen LogP contribution in [0.3, 0.4) is 0 Å². The lowest BCUT2D eigenvalue weighted by Crippen LogP contribution is -2.11. The highest BCUT2D eigenvalue weighted by atomic mass is 35.5. The maximum absolute atomic E-state index is 12.0. The topological polar surface area (TPSA) is 49.3 Å². The number of aliphatic hydroxyl groups excluding tert-OH is 1. The van der Waals surface area contributed by atoms with Crippen LogP contribution < -0.4 is 5.32 Å². The number of anilines is 1. The van der Waals surface area contributed by atoms with Crippen molar-refractivity contribution in [2.75, 3.05) is 11.9 Å². The number of nitrogens with one attached hydrogen (secondary N) is 1. The van der Waals surface area contributed by atoms with Crippen LogP contribution in [0.5, 0.6) is 0 Å². The van der Waals surface area contributed by atoms with Crippen LogP contribution in [0.25, 0.3) is 6.08 Å². The van der Waals surface area contributed by atoms with E-state index in [0.717, 1.165) is 5.56 Å². The fourth-order valence-corrected chi connectivity index (χ4v) is 1.84. The van der Waals surface area contributed by atoms with Crippen molar-refractivity contribution in [3.05, 3.63) is 70.8 Å². The number of rotatable bonds is 4. The van der Waals surface area contributed by atoms with E-state index in [1.54, 1.807) is 36.4 Å². The van der Waals surface area contributed by atoms with E-state index in [-0.39, 0.29) is 12.5 Å². The van der Waals surface area contributed by atoms with Crippen LogP contribution in [0.2, 0.25) is 5.02 Å². The van der Waals surface area contributed by atoms with E-state index in [1.807, 2.05) is 24.3 Å². The molecule has 102 valence electrons. The van der Waals surface area contributed by atoms with Crippen molar-refractivity contribution < 1.29 is 9.90 Å². The Bertz CT molecular complexity index is 621. The maximum Gasteiger partial charge on any atom is 0.255 e. The third-order valence-corrected chi connectivity index (χ3v) is 2.92. The quantitative estimate of drug-likeness (QED) is 0.903. The molecule has 1 amide bonds. The molecule has 0 radical (unpaired) electrons. The molecule has 0 unspecified atom stereocenters. The van der Waals surface area contributed by atoms with Gasteiger partial charge in [-0.15, -0.1) is 0 Å². The van der Waals surface area contributed by atoms with Crippen LogP contribution in [-0.2, 0) is 0 Å². The first-order valence-electron chi connectivity index (χ1n) is 6.13. The van der Waals surface area contributed by atoms with Gasteiger partial charge in [0.1, 0.15) is 0 Å². The fourth-order valence-electron chi connectivity index (χ4n) is 1.71. The third kappa shape index (κ3) is 3.95. The molecule has 20 heavy (non-hydrogen) atoms. The summed E-state index contributed by atoms with van der Waals surface area (Å²) in [7, 11) is 0. The van der Waals surface area contributed by atoms with Gasteiger partial charge >= 0.3 is 0 Å². The van der Waals surface area contributed by atoms with Gasteiger partial charge in [0.2, 0.25) is 0 Å². The van der Waals surface area contributed by atoms with Crippen molar-refractivity contribution in [1.82, 2.24) is 0 Å². The number of aliphatic hydroxyl groups is 1. The Balaban J connectivity index is 2.11. The zero-order chi connectivity index (χ0) is 14.4. The molecule has 0 fully saturated rings. The predicted octanol–water partition coefficient (Wildman–Crippen LogP) is 3.60. The van der Waals surface area contributed by atoms with Crippen LogP contribution in [0.1, 0.15) is 15.9 Å². The molecule has 2 aromatic rings. The van der Waals surface area contributed by atoms with E-state index >= 15 is 0 Å². The Morgan fingerprint density at radius 1 is 1.20 bits per heavy atom. The fraction of sp³-hybridized carbons (Fsp3) is 0.0625. The maximum atomic E-state index is 12.0. The Kier molecular flexibility index (Phi) is 4.93. The molecule has 0 atom stereocenters. The molecule has 0 heterocycles. The van der Waals surface area contributed by atoms with Gasteiger partial charge in [-0.1, -0.05) is 35.9 Å². The average molecular weight is 288 g/mol. The standard InChI is InChI=1S/C16H14ClNO2/c17-14-8-6-13(7-9-14)16(20)18-15-5-1-3-12(11-15)4-2-10-19/h1-9,11,19H,10H2,(H,18,20). The molecule has 0 aliphatic heterocycles. The van der Waals surface area contributed by atoms with Crippen LogP contribution >= 0.6 is 11.6 Å². The molecular weight excluding hydrogens is 274 g/mol. The molecule has 2 aromatic carbocycles. The van der Waals surface area contributed by atoms with Gasteiger partial charge in [-0.2, -0.15) is 0 Å². The smallest absolute Gasteiger partial charge is 0.255 e. The molecular formula is C16H14ClNO2. The van der Waals surface area contributed by atoms with Gasteiger partial charge in [-0.25, -0.2) is 0 Å². The lowest BCUT2D eigenvalue weighted by Gasteiger charge is -2.06. The van der Waals surface area contributed by atoms with E-state index in [4.69, 9.17) is 16.7 Å². The van der Waals surface area contributed by atoms with E-state index in [0.29, 0.717) is 16.3 Å². The van der Waals surface area contributed by atoms with E-state index < -0.39 is 0 Å². The van der Waals surface area contributed by atoms with Crippen molar-refractivity contribution in [2.45, 2.75) is 0 Å². The van der Waals surface area contributed by atoms with E-state index in [1.165, 1.54) is 0 Å². The van der Waals surface area contributed by atoms with Gasteiger partial charge in [-0.05, 0) is 42.0 Å². The first-order valence-corrected chi connectivity index (χ1v) is 6.51. The summed E-state index contributed by atoms with van der Waals surface area (Å²) in [6.07, 6.45) is 3.43. The van der Waals surface area contributed by atoms with Crippen molar-refractivity contribution in [3.8, 4) is 0 Å². The molecule has 4 heteroatoms. The zero-order valence-electron chi connectivity index (χ0n) is 10.7. The van der Waals surface area contributed by atoms with Gasteiger partial charge in [-0.3, -0.25) is 4.79 Å². The minimum atomic E-state index is -0.190. The molecule has 2 rings (SSSR count). The average Bonchev–Trinajstić information content (AvgIpc) is 2.46. The summed E-state index contributed by atoms with van der Waals surface area (Å²) in [5.74, 6) is -0.190. The summed E-state index contributed by atoms with van der Waals surface area (Å²) in [6, 6.07) is 14.1. The van der Waals surface area contributed by atoms with Gasteiger partial charge in [0.25, 0.3) is 5.91 Å². The van der Waals surface area contributed by atoms with Crippen LogP contribution in [-0.4, -0.2) is 17.6 Å². The SMILES string of the molecule is O=C(Nc1cccc(C=CCO)c1)c1ccc(Cl)cc1. The number of carbonyl (C=O) groups excluding carboxylic acids is 1. The van der Waals surface area contributed by atoms with E-state index in [2.05, 4.69) is 5.32 Å². The Labute approximate surface area is 122 Å². The number of amides is 1. The Morgan fingerprint density at radius 3 is 2.65 bits per heavy atom. The van der Waals surface area contributed by atoms with Crippen molar-refractivity contribution >= 4 is 29.3 Å². The summed E-state index contributed by atoms with van der Waals surface area (Å²) in [6.45, 7) is -0.0125. The van der Waals surface area contributed by atoms with Gasteiger partial charge in [0.05, 0.1) is 6.61 Å². The largest absolute Gasteiger partial charge is 0.392 e. The number of halogens is 1. The lowest BCUT2D eigenvalue weighted by atomic mass is 10.1. The van der Waals surface area contributed by atoms with Crippen molar-refractivity contribution in [2.24, 2.45) is 0 Å². The molecule has 0 saturated heterocycles. The first kappa shape index (κ1) is 14.3. The number of carbonyl (C=O) groups is 1. The van der Waals surface area contributed by atoms with Crippen LogP contribution in [0.4, 0.5) is 5.69 Å². The van der Waals surface area contributed by atoms with Gasteiger partial charge in [0.15, 0.2) is 0 Å². The highest BCUT2D eigenvalue weighted by molar-refractivity contribution is 6.30. The van der Waals surface area contributed by atoms with E-state index in [9.17, 15) is 4.79 Å². The molecule has 2 N–H and O–H groups in total. The second kappa shape index (κ2) is 6.89. The predicted molar refractivity (Wildman–Crippen MR) is 82.0 cm³/mol. The molecule has 0 saturated carbocycles. The van der Waals surface area contributed by atoms with Crippen molar-refractivity contribution in [1.29, 1.82) is 0 Å². The highest BCUT2D eigenvalue weighted by Crippen LogP contribution is 2.15. The molecule has 0 aliphatic rings. The minimum Gasteiger partial charge on any atom is -0.392 e. The summed E-state index contributed by atoms with van der Waals surface area (Å²) in [4.78, 5) is 12.0. The normalized spacial score (nSPS) is 10.7. The first-order chi connectivity index (χ1) is 9.69. The number of hydrogen-bond acceptors (Lipinski definition) is 2. The molecule has 0 spiro atoms. The second-order valence-electron chi connectivity index (χ2n) is 4.17. The van der Waals surface area contributed by atoms with Gasteiger partial charge < -0.3 is 10.4 Å². The second-order valence-corrected chi connectivity index (χ2v) is 4.61. The summed E-state index contributed by atoms with van der Waals surface area (Å²) >= 11 is 5.79. The monoisotopic (exact) mass is 287 g/mol. The molecule has 0 bridgehead atoms.